The summed E-state index contributed by atoms with van der Waals surface area (Å²) in [6.45, 7) is 8.99. The molecule has 1 unspecified atom stereocenters. The van der Waals surface area contributed by atoms with E-state index >= 15 is 0 Å². The molecule has 1 amide bonds. The van der Waals surface area contributed by atoms with Gasteiger partial charge in [-0.1, -0.05) is 53.4 Å². The highest BCUT2D eigenvalue weighted by atomic mass is 16.1. The molecule has 0 fully saturated rings. The van der Waals surface area contributed by atoms with Gasteiger partial charge in [-0.2, -0.15) is 5.26 Å². The molecule has 0 saturated carbocycles. The molecule has 0 heterocycles. The van der Waals surface area contributed by atoms with Crippen molar-refractivity contribution in [1.82, 2.24) is 5.32 Å². The third kappa shape index (κ3) is 8.11. The van der Waals surface area contributed by atoms with Gasteiger partial charge in [0.15, 0.2) is 0 Å². The van der Waals surface area contributed by atoms with Gasteiger partial charge in [0.25, 0.3) is 0 Å². The molecule has 0 aliphatic rings. The Balaban J connectivity index is 3.55. The fraction of sp³-hybridized carbons (Fsp3) is 0.867. The number of amides is 1. The Morgan fingerprint density at radius 2 is 1.72 bits per heavy atom. The average molecular weight is 252 g/mol. The van der Waals surface area contributed by atoms with Crippen molar-refractivity contribution in [1.29, 1.82) is 5.26 Å². The van der Waals surface area contributed by atoms with Gasteiger partial charge >= 0.3 is 0 Å². The van der Waals surface area contributed by atoms with Crippen molar-refractivity contribution in [3.63, 3.8) is 0 Å². The highest BCUT2D eigenvalue weighted by Crippen LogP contribution is 2.10. The number of nitrogens with zero attached hydrogens (tertiary/aromatic N) is 1. The van der Waals surface area contributed by atoms with E-state index in [1.807, 2.05) is 13.8 Å². The minimum absolute atomic E-state index is 0.0843. The summed E-state index contributed by atoms with van der Waals surface area (Å²) in [5, 5.41) is 11.7. The van der Waals surface area contributed by atoms with E-state index in [0.29, 0.717) is 6.54 Å². The van der Waals surface area contributed by atoms with Crippen LogP contribution in [-0.4, -0.2) is 12.5 Å². The smallest absolute Gasteiger partial charge is 0.237 e. The van der Waals surface area contributed by atoms with Gasteiger partial charge in [-0.05, 0) is 18.3 Å². The van der Waals surface area contributed by atoms with Crippen LogP contribution < -0.4 is 5.32 Å². The van der Waals surface area contributed by atoms with Crippen LogP contribution in [0.3, 0.4) is 0 Å². The van der Waals surface area contributed by atoms with Gasteiger partial charge in [0.05, 0.1) is 6.07 Å². The van der Waals surface area contributed by atoms with Crippen LogP contribution in [-0.2, 0) is 4.79 Å². The van der Waals surface area contributed by atoms with Gasteiger partial charge < -0.3 is 5.32 Å². The van der Waals surface area contributed by atoms with Gasteiger partial charge in [-0.3, -0.25) is 4.79 Å². The number of hydrogen-bond donors (Lipinski definition) is 1. The molecule has 3 nitrogen and oxygen atoms in total. The number of unbranched alkanes of at least 4 members (excludes halogenated alkanes) is 3. The van der Waals surface area contributed by atoms with Crippen LogP contribution >= 0.6 is 0 Å². The SMILES string of the molecule is CC(C)CCCCCCNC(=O)C(C#N)C(C)C. The van der Waals surface area contributed by atoms with Crippen LogP contribution in [0.1, 0.15) is 59.8 Å². The Hall–Kier alpha value is -1.04. The number of nitrogens with one attached hydrogen (secondary N) is 1. The maximum atomic E-state index is 11.7. The maximum absolute atomic E-state index is 11.7. The molecule has 0 aliphatic heterocycles. The quantitative estimate of drug-likeness (QED) is 0.638. The highest BCUT2D eigenvalue weighted by Gasteiger charge is 2.20. The van der Waals surface area contributed by atoms with Crippen molar-refractivity contribution in [2.75, 3.05) is 6.54 Å². The summed E-state index contributed by atoms with van der Waals surface area (Å²) in [5.74, 6) is 0.244. The fourth-order valence-corrected chi connectivity index (χ4v) is 1.86. The fourth-order valence-electron chi connectivity index (χ4n) is 1.86. The lowest BCUT2D eigenvalue weighted by molar-refractivity contribution is -0.124. The molecule has 1 N–H and O–H groups in total. The lowest BCUT2D eigenvalue weighted by atomic mass is 9.96. The number of carbonyl (C=O) groups is 1. The Bertz CT molecular complexity index is 266. The molecule has 0 spiro atoms. The van der Waals surface area contributed by atoms with Gasteiger partial charge in [-0.15, -0.1) is 0 Å². The van der Waals surface area contributed by atoms with Crippen LogP contribution in [0.2, 0.25) is 0 Å². The van der Waals surface area contributed by atoms with Crippen LogP contribution in [0.5, 0.6) is 0 Å². The zero-order valence-corrected chi connectivity index (χ0v) is 12.3. The molecule has 0 aromatic carbocycles. The Morgan fingerprint density at radius 3 is 2.22 bits per heavy atom. The number of hydrogen-bond acceptors (Lipinski definition) is 2. The Labute approximate surface area is 112 Å². The van der Waals surface area contributed by atoms with Gasteiger partial charge in [0.2, 0.25) is 5.91 Å². The minimum Gasteiger partial charge on any atom is -0.355 e. The topological polar surface area (TPSA) is 52.9 Å². The van der Waals surface area contributed by atoms with E-state index in [4.69, 9.17) is 5.26 Å². The lowest BCUT2D eigenvalue weighted by Crippen LogP contribution is -2.33. The third-order valence-electron chi connectivity index (χ3n) is 3.10. The van der Waals surface area contributed by atoms with Crippen LogP contribution in [0.4, 0.5) is 0 Å². The maximum Gasteiger partial charge on any atom is 0.237 e. The number of rotatable bonds is 9. The first-order valence-corrected chi connectivity index (χ1v) is 7.16. The molecule has 1 atom stereocenters. The van der Waals surface area contributed by atoms with Crippen molar-refractivity contribution in [3.05, 3.63) is 0 Å². The first-order chi connectivity index (χ1) is 8.49. The van der Waals surface area contributed by atoms with Crippen molar-refractivity contribution in [2.24, 2.45) is 17.8 Å². The van der Waals surface area contributed by atoms with Crippen LogP contribution in [0.25, 0.3) is 0 Å². The van der Waals surface area contributed by atoms with Gasteiger partial charge in [0.1, 0.15) is 5.92 Å². The second kappa shape index (κ2) is 9.94. The van der Waals surface area contributed by atoms with Gasteiger partial charge in [-0.25, -0.2) is 0 Å². The molecule has 0 aromatic rings. The van der Waals surface area contributed by atoms with Crippen molar-refractivity contribution < 1.29 is 4.79 Å². The predicted molar refractivity (Wildman–Crippen MR) is 74.9 cm³/mol. The number of nitriles is 1. The predicted octanol–water partition coefficient (Wildman–Crippen LogP) is 3.50. The molecule has 0 rings (SSSR count). The Kier molecular flexibility index (Phi) is 9.36. The first-order valence-electron chi connectivity index (χ1n) is 7.16. The zero-order chi connectivity index (χ0) is 14.0. The molecular formula is C15H28N2O. The molecule has 0 aliphatic carbocycles. The summed E-state index contributed by atoms with van der Waals surface area (Å²) in [4.78, 5) is 11.7. The summed E-state index contributed by atoms with van der Waals surface area (Å²) < 4.78 is 0. The molecule has 3 heteroatoms. The third-order valence-corrected chi connectivity index (χ3v) is 3.10. The summed E-state index contributed by atoms with van der Waals surface area (Å²) in [5.41, 5.74) is 0. The largest absolute Gasteiger partial charge is 0.355 e. The second-order valence-corrected chi connectivity index (χ2v) is 5.74. The minimum atomic E-state index is -0.508. The molecule has 0 aromatic heterocycles. The summed E-state index contributed by atoms with van der Waals surface area (Å²) in [6, 6.07) is 2.06. The molecule has 0 radical (unpaired) electrons. The van der Waals surface area contributed by atoms with E-state index in [9.17, 15) is 4.79 Å². The standard InChI is InChI=1S/C15H28N2O/c1-12(2)9-7-5-6-8-10-17-15(18)14(11-16)13(3)4/h12-14H,5-10H2,1-4H3,(H,17,18). The molecule has 18 heavy (non-hydrogen) atoms. The summed E-state index contributed by atoms with van der Waals surface area (Å²) >= 11 is 0. The monoisotopic (exact) mass is 252 g/mol. The molecule has 0 saturated heterocycles. The van der Waals surface area contributed by atoms with Crippen LogP contribution in [0, 0.1) is 29.1 Å². The van der Waals surface area contributed by atoms with Gasteiger partial charge in [0, 0.05) is 6.54 Å². The van der Waals surface area contributed by atoms with Crippen LogP contribution in [0.15, 0.2) is 0 Å². The normalized spacial score (nSPS) is 12.5. The molecular weight excluding hydrogens is 224 g/mol. The Morgan fingerprint density at radius 1 is 1.11 bits per heavy atom. The molecule has 104 valence electrons. The van der Waals surface area contributed by atoms with E-state index in [2.05, 4.69) is 25.2 Å². The van der Waals surface area contributed by atoms with E-state index in [1.165, 1.54) is 19.3 Å². The summed E-state index contributed by atoms with van der Waals surface area (Å²) in [7, 11) is 0. The van der Waals surface area contributed by atoms with E-state index < -0.39 is 5.92 Å². The summed E-state index contributed by atoms with van der Waals surface area (Å²) in [6.07, 6.45) is 5.97. The van der Waals surface area contributed by atoms with Crippen molar-refractivity contribution >= 4 is 5.91 Å². The van der Waals surface area contributed by atoms with E-state index in [-0.39, 0.29) is 11.8 Å². The van der Waals surface area contributed by atoms with E-state index in [0.717, 1.165) is 18.8 Å². The van der Waals surface area contributed by atoms with Crippen molar-refractivity contribution in [3.8, 4) is 6.07 Å². The number of carbonyl (C=O) groups excluding carboxylic acids is 1. The van der Waals surface area contributed by atoms with Crippen molar-refractivity contribution in [2.45, 2.75) is 59.8 Å². The average Bonchev–Trinajstić information content (AvgIpc) is 2.27. The molecule has 0 bridgehead atoms. The highest BCUT2D eigenvalue weighted by molar-refractivity contribution is 5.81. The van der Waals surface area contributed by atoms with E-state index in [1.54, 1.807) is 0 Å². The second-order valence-electron chi connectivity index (χ2n) is 5.74. The lowest BCUT2D eigenvalue weighted by Gasteiger charge is -2.12. The zero-order valence-electron chi connectivity index (χ0n) is 12.3. The first kappa shape index (κ1) is 17.0.